The van der Waals surface area contributed by atoms with Gasteiger partial charge in [-0.25, -0.2) is 13.2 Å². The van der Waals surface area contributed by atoms with Crippen LogP contribution in [-0.2, 0) is 34.0 Å². The molecule has 1 aromatic heterocycles. The first-order valence-corrected chi connectivity index (χ1v) is 12.2. The number of aryl methyl sites for hydroxylation is 1. The molecular formula is C22H30N4O5S. The number of amides is 2. The molecule has 2 N–H and O–H groups in total. The number of carbonyl (C=O) groups is 2. The highest BCUT2D eigenvalue weighted by Gasteiger charge is 2.44. The Hall–Kier alpha value is -2.88. The third kappa shape index (κ3) is 4.23. The van der Waals surface area contributed by atoms with Crippen LogP contribution in [0.3, 0.4) is 0 Å². The summed E-state index contributed by atoms with van der Waals surface area (Å²) in [6, 6.07) is 5.92. The van der Waals surface area contributed by atoms with Crippen molar-refractivity contribution in [1.82, 2.24) is 15.1 Å². The highest BCUT2D eigenvalue weighted by Crippen LogP contribution is 2.36. The minimum absolute atomic E-state index is 0.0139. The molecule has 174 valence electrons. The SMILES string of the molecule is CCc1nn(C[C@H](C)NC(=O)O)c(CC)c1S(=O)(=O)c1ccc(N2CC(C)(C)C2=O)cc1. The summed E-state index contributed by atoms with van der Waals surface area (Å²) in [7, 11) is -3.85. The average molecular weight is 463 g/mol. The van der Waals surface area contributed by atoms with E-state index in [-0.39, 0.29) is 22.2 Å². The molecule has 2 heterocycles. The smallest absolute Gasteiger partial charge is 0.404 e. The molecule has 9 nitrogen and oxygen atoms in total. The summed E-state index contributed by atoms with van der Waals surface area (Å²) in [6.45, 7) is 9.97. The fourth-order valence-electron chi connectivity index (χ4n) is 4.03. The van der Waals surface area contributed by atoms with Gasteiger partial charge in [0.05, 0.1) is 28.2 Å². The van der Waals surface area contributed by atoms with E-state index in [0.717, 1.165) is 0 Å². The number of carboxylic acid groups (broad SMARTS) is 1. The number of nitrogens with one attached hydrogen (secondary N) is 1. The lowest BCUT2D eigenvalue weighted by Crippen LogP contribution is -2.58. The van der Waals surface area contributed by atoms with Crippen LogP contribution in [-0.4, -0.2) is 47.9 Å². The Morgan fingerprint density at radius 1 is 1.22 bits per heavy atom. The lowest BCUT2D eigenvalue weighted by molar-refractivity contribution is -0.132. The van der Waals surface area contributed by atoms with Crippen molar-refractivity contribution < 1.29 is 23.1 Å². The van der Waals surface area contributed by atoms with Crippen LogP contribution in [0.15, 0.2) is 34.1 Å². The van der Waals surface area contributed by atoms with Gasteiger partial charge in [-0.1, -0.05) is 13.8 Å². The van der Waals surface area contributed by atoms with Crippen LogP contribution in [0.4, 0.5) is 10.5 Å². The van der Waals surface area contributed by atoms with Crippen molar-refractivity contribution in [1.29, 1.82) is 0 Å². The Bertz CT molecular complexity index is 1140. The number of hydrogen-bond donors (Lipinski definition) is 2. The van der Waals surface area contributed by atoms with Gasteiger partial charge in [0.15, 0.2) is 0 Å². The molecule has 32 heavy (non-hydrogen) atoms. The quantitative estimate of drug-likeness (QED) is 0.582. The Morgan fingerprint density at radius 2 is 1.84 bits per heavy atom. The number of nitrogens with zero attached hydrogens (tertiary/aromatic N) is 3. The van der Waals surface area contributed by atoms with Gasteiger partial charge >= 0.3 is 6.09 Å². The van der Waals surface area contributed by atoms with E-state index in [4.69, 9.17) is 5.11 Å². The van der Waals surface area contributed by atoms with Gasteiger partial charge in [-0.2, -0.15) is 5.10 Å². The molecule has 1 aliphatic heterocycles. The van der Waals surface area contributed by atoms with Crippen LogP contribution in [0.5, 0.6) is 0 Å². The molecule has 0 radical (unpaired) electrons. The zero-order valence-electron chi connectivity index (χ0n) is 19.0. The van der Waals surface area contributed by atoms with Gasteiger partial charge in [0.25, 0.3) is 0 Å². The normalized spacial score (nSPS) is 16.5. The van der Waals surface area contributed by atoms with E-state index >= 15 is 0 Å². The van der Waals surface area contributed by atoms with Gasteiger partial charge in [-0.3, -0.25) is 9.48 Å². The molecule has 2 aromatic rings. The van der Waals surface area contributed by atoms with Crippen molar-refractivity contribution in [2.45, 2.75) is 69.8 Å². The number of hydrogen-bond acceptors (Lipinski definition) is 5. The molecule has 0 spiro atoms. The van der Waals surface area contributed by atoms with Crippen LogP contribution >= 0.6 is 0 Å². The molecule has 0 aliphatic carbocycles. The second-order valence-electron chi connectivity index (χ2n) is 8.73. The molecule has 1 saturated heterocycles. The number of sulfone groups is 1. The summed E-state index contributed by atoms with van der Waals surface area (Å²) in [5.41, 5.74) is 1.28. The molecule has 0 unspecified atom stereocenters. The fourth-order valence-corrected chi connectivity index (χ4v) is 5.81. The summed E-state index contributed by atoms with van der Waals surface area (Å²) in [5, 5.41) is 15.8. The van der Waals surface area contributed by atoms with E-state index < -0.39 is 27.4 Å². The van der Waals surface area contributed by atoms with E-state index in [1.54, 1.807) is 28.6 Å². The zero-order chi connectivity index (χ0) is 23.8. The standard InChI is InChI=1S/C22H30N4O5S/c1-6-17-19(18(7-2)26(24-17)12-14(3)23-21(28)29)32(30,31)16-10-8-15(9-11-16)25-13-22(4,5)20(25)27/h8-11,14,23H,6-7,12-13H2,1-5H3,(H,28,29)/t14-/m0/s1. The lowest BCUT2D eigenvalue weighted by Gasteiger charge is -2.44. The first-order chi connectivity index (χ1) is 14.9. The maximum atomic E-state index is 13.6. The van der Waals surface area contributed by atoms with E-state index in [0.29, 0.717) is 36.5 Å². The van der Waals surface area contributed by atoms with Gasteiger partial charge in [0, 0.05) is 18.3 Å². The maximum Gasteiger partial charge on any atom is 0.404 e. The molecule has 0 bridgehead atoms. The van der Waals surface area contributed by atoms with Crippen LogP contribution < -0.4 is 10.2 Å². The minimum Gasteiger partial charge on any atom is -0.465 e. The third-order valence-corrected chi connectivity index (χ3v) is 7.57. The van der Waals surface area contributed by atoms with Gasteiger partial charge in [-0.15, -0.1) is 0 Å². The molecule has 1 atom stereocenters. The molecule has 1 fully saturated rings. The molecule has 1 aromatic carbocycles. The summed E-state index contributed by atoms with van der Waals surface area (Å²) < 4.78 is 28.7. The summed E-state index contributed by atoms with van der Waals surface area (Å²) >= 11 is 0. The van der Waals surface area contributed by atoms with E-state index in [9.17, 15) is 18.0 Å². The van der Waals surface area contributed by atoms with Crippen molar-refractivity contribution in [2.75, 3.05) is 11.4 Å². The molecule has 1 aliphatic rings. The first kappa shape index (κ1) is 23.8. The van der Waals surface area contributed by atoms with Gasteiger partial charge < -0.3 is 15.3 Å². The van der Waals surface area contributed by atoms with Gasteiger partial charge in [0.2, 0.25) is 15.7 Å². The molecule has 2 amide bonds. The maximum absolute atomic E-state index is 13.6. The van der Waals surface area contributed by atoms with E-state index in [1.165, 1.54) is 12.1 Å². The largest absolute Gasteiger partial charge is 0.465 e. The first-order valence-electron chi connectivity index (χ1n) is 10.7. The molecule has 3 rings (SSSR count). The second-order valence-corrected chi connectivity index (χ2v) is 10.6. The Balaban J connectivity index is 1.95. The topological polar surface area (TPSA) is 122 Å². The fraction of sp³-hybridized carbons (Fsp3) is 0.500. The summed E-state index contributed by atoms with van der Waals surface area (Å²) in [5.74, 6) is 0.0139. The van der Waals surface area contributed by atoms with Crippen molar-refractivity contribution in [3.05, 3.63) is 35.7 Å². The Labute approximate surface area is 188 Å². The Kier molecular flexibility index (Phi) is 6.37. The van der Waals surface area contributed by atoms with E-state index in [1.807, 2.05) is 27.7 Å². The molecule has 10 heteroatoms. The van der Waals surface area contributed by atoms with Crippen LogP contribution in [0.2, 0.25) is 0 Å². The van der Waals surface area contributed by atoms with Gasteiger partial charge in [0.1, 0.15) is 4.90 Å². The lowest BCUT2D eigenvalue weighted by atomic mass is 9.83. The molecule has 0 saturated carbocycles. The Morgan fingerprint density at radius 3 is 2.31 bits per heavy atom. The summed E-state index contributed by atoms with van der Waals surface area (Å²) in [6.07, 6.45) is -0.294. The third-order valence-electron chi connectivity index (χ3n) is 5.67. The van der Waals surface area contributed by atoms with Crippen LogP contribution in [0.25, 0.3) is 0 Å². The van der Waals surface area contributed by atoms with Crippen LogP contribution in [0, 0.1) is 5.41 Å². The highest BCUT2D eigenvalue weighted by atomic mass is 32.2. The van der Waals surface area contributed by atoms with Crippen molar-refractivity contribution in [3.8, 4) is 0 Å². The number of benzene rings is 1. The average Bonchev–Trinajstić information content (AvgIpc) is 3.09. The summed E-state index contributed by atoms with van der Waals surface area (Å²) in [4.78, 5) is 25.1. The molecular weight excluding hydrogens is 432 g/mol. The number of carbonyl (C=O) groups excluding carboxylic acids is 1. The van der Waals surface area contributed by atoms with Crippen LogP contribution in [0.1, 0.15) is 46.0 Å². The monoisotopic (exact) mass is 462 g/mol. The van der Waals surface area contributed by atoms with Crippen molar-refractivity contribution in [2.24, 2.45) is 5.41 Å². The number of aromatic nitrogens is 2. The number of β-lactam (4-membered cyclic amide) rings is 1. The van der Waals surface area contributed by atoms with Crippen molar-refractivity contribution >= 4 is 27.5 Å². The van der Waals surface area contributed by atoms with Gasteiger partial charge in [-0.05, 0) is 57.9 Å². The van der Waals surface area contributed by atoms with E-state index in [2.05, 4.69) is 10.4 Å². The minimum atomic E-state index is -3.85. The predicted octanol–water partition coefficient (Wildman–Crippen LogP) is 2.87. The number of rotatable bonds is 8. The zero-order valence-corrected chi connectivity index (χ0v) is 19.9. The van der Waals surface area contributed by atoms with Crippen molar-refractivity contribution in [3.63, 3.8) is 0 Å². The second kappa shape index (κ2) is 8.57. The predicted molar refractivity (Wildman–Crippen MR) is 120 cm³/mol. The highest BCUT2D eigenvalue weighted by molar-refractivity contribution is 7.91. The number of anilines is 1.